The number of halogens is 1. The van der Waals surface area contributed by atoms with Crippen LogP contribution in [-0.4, -0.2) is 23.4 Å². The van der Waals surface area contributed by atoms with Crippen molar-refractivity contribution in [1.82, 2.24) is 4.90 Å². The van der Waals surface area contributed by atoms with Gasteiger partial charge in [-0.1, -0.05) is 13.0 Å². The summed E-state index contributed by atoms with van der Waals surface area (Å²) in [4.78, 5) is 15.6. The number of rotatable bonds is 6. The number of amides is 1. The van der Waals surface area contributed by atoms with Crippen LogP contribution in [0, 0.1) is 5.82 Å². The van der Waals surface area contributed by atoms with Crippen molar-refractivity contribution >= 4 is 22.9 Å². The number of hydrogen-bond donors (Lipinski definition) is 1. The van der Waals surface area contributed by atoms with E-state index in [2.05, 4.69) is 16.3 Å². The van der Waals surface area contributed by atoms with Crippen LogP contribution in [0.3, 0.4) is 0 Å². The molecular weight excluding hydrogens is 287 g/mol. The predicted molar refractivity (Wildman–Crippen MR) is 84.9 cm³/mol. The Labute approximate surface area is 128 Å². The van der Waals surface area contributed by atoms with E-state index in [4.69, 9.17) is 0 Å². The minimum atomic E-state index is -0.311. The summed E-state index contributed by atoms with van der Waals surface area (Å²) in [7, 11) is 0. The minimum absolute atomic E-state index is 0.0833. The van der Waals surface area contributed by atoms with Crippen molar-refractivity contribution in [2.24, 2.45) is 0 Å². The average Bonchev–Trinajstić information content (AvgIpc) is 2.99. The molecular formula is C16H19FN2OS. The number of anilines is 1. The molecule has 5 heteroatoms. The van der Waals surface area contributed by atoms with E-state index in [1.807, 2.05) is 25.3 Å². The standard InChI is InChI=1S/C16H19FN2OS/c1-3-19(11-15-5-4-10-21-15)12(2)16(20)18-14-8-6-13(17)7-9-14/h4-10,12H,3,11H2,1-2H3,(H,18,20)/t12-/m1/s1. The molecule has 2 rings (SSSR count). The molecule has 0 aliphatic rings. The van der Waals surface area contributed by atoms with Gasteiger partial charge in [-0.05, 0) is 49.2 Å². The monoisotopic (exact) mass is 306 g/mol. The van der Waals surface area contributed by atoms with Crippen LogP contribution in [0.25, 0.3) is 0 Å². The minimum Gasteiger partial charge on any atom is -0.325 e. The van der Waals surface area contributed by atoms with Crippen LogP contribution >= 0.6 is 11.3 Å². The Morgan fingerprint density at radius 2 is 2.05 bits per heavy atom. The fraction of sp³-hybridized carbons (Fsp3) is 0.312. The summed E-state index contributed by atoms with van der Waals surface area (Å²) in [5.41, 5.74) is 0.612. The quantitative estimate of drug-likeness (QED) is 0.882. The molecule has 1 aromatic carbocycles. The molecule has 21 heavy (non-hydrogen) atoms. The molecule has 0 unspecified atom stereocenters. The second-order valence-electron chi connectivity index (χ2n) is 4.81. The van der Waals surface area contributed by atoms with Gasteiger partial charge in [-0.3, -0.25) is 9.69 Å². The topological polar surface area (TPSA) is 32.3 Å². The van der Waals surface area contributed by atoms with Crippen molar-refractivity contribution in [3.63, 3.8) is 0 Å². The van der Waals surface area contributed by atoms with Crippen molar-refractivity contribution < 1.29 is 9.18 Å². The van der Waals surface area contributed by atoms with Crippen molar-refractivity contribution in [3.05, 3.63) is 52.5 Å². The van der Waals surface area contributed by atoms with Crippen molar-refractivity contribution in [2.75, 3.05) is 11.9 Å². The van der Waals surface area contributed by atoms with Gasteiger partial charge in [0.25, 0.3) is 0 Å². The zero-order valence-electron chi connectivity index (χ0n) is 12.2. The van der Waals surface area contributed by atoms with E-state index in [-0.39, 0.29) is 17.8 Å². The number of carbonyl (C=O) groups is 1. The summed E-state index contributed by atoms with van der Waals surface area (Å²) < 4.78 is 12.9. The lowest BCUT2D eigenvalue weighted by molar-refractivity contribution is -0.120. The number of hydrogen-bond acceptors (Lipinski definition) is 3. The maximum absolute atomic E-state index is 12.9. The van der Waals surface area contributed by atoms with Crippen LogP contribution in [0.4, 0.5) is 10.1 Å². The molecule has 0 saturated carbocycles. The van der Waals surface area contributed by atoms with Crippen LogP contribution in [0.2, 0.25) is 0 Å². The lowest BCUT2D eigenvalue weighted by Crippen LogP contribution is -2.41. The van der Waals surface area contributed by atoms with Gasteiger partial charge in [-0.2, -0.15) is 0 Å². The first kappa shape index (κ1) is 15.7. The second-order valence-corrected chi connectivity index (χ2v) is 5.85. The molecule has 0 saturated heterocycles. The van der Waals surface area contributed by atoms with Gasteiger partial charge in [0.2, 0.25) is 5.91 Å². The largest absolute Gasteiger partial charge is 0.325 e. The highest BCUT2D eigenvalue weighted by Crippen LogP contribution is 2.15. The summed E-state index contributed by atoms with van der Waals surface area (Å²) in [6, 6.07) is 9.63. The highest BCUT2D eigenvalue weighted by atomic mass is 32.1. The first-order valence-electron chi connectivity index (χ1n) is 6.93. The van der Waals surface area contributed by atoms with Gasteiger partial charge in [0.15, 0.2) is 0 Å². The van der Waals surface area contributed by atoms with Crippen LogP contribution in [-0.2, 0) is 11.3 Å². The van der Waals surface area contributed by atoms with Gasteiger partial charge in [0.05, 0.1) is 6.04 Å². The lowest BCUT2D eigenvalue weighted by atomic mass is 10.2. The maximum atomic E-state index is 12.9. The Morgan fingerprint density at radius 1 is 1.33 bits per heavy atom. The maximum Gasteiger partial charge on any atom is 0.241 e. The van der Waals surface area contributed by atoms with Crippen molar-refractivity contribution in [3.8, 4) is 0 Å². The van der Waals surface area contributed by atoms with Gasteiger partial charge < -0.3 is 5.32 Å². The first-order valence-corrected chi connectivity index (χ1v) is 7.81. The van der Waals surface area contributed by atoms with E-state index in [0.717, 1.165) is 13.1 Å². The first-order chi connectivity index (χ1) is 10.1. The smallest absolute Gasteiger partial charge is 0.241 e. The number of thiophene rings is 1. The predicted octanol–water partition coefficient (Wildman–Crippen LogP) is 3.74. The number of nitrogens with one attached hydrogen (secondary N) is 1. The molecule has 112 valence electrons. The van der Waals surface area contributed by atoms with Crippen molar-refractivity contribution in [1.29, 1.82) is 0 Å². The van der Waals surface area contributed by atoms with Gasteiger partial charge in [-0.25, -0.2) is 4.39 Å². The third-order valence-corrected chi connectivity index (χ3v) is 4.25. The SMILES string of the molecule is CCN(Cc1cccs1)[C@H](C)C(=O)Nc1ccc(F)cc1. The van der Waals surface area contributed by atoms with Crippen molar-refractivity contribution in [2.45, 2.75) is 26.4 Å². The van der Waals surface area contributed by atoms with Gasteiger partial charge >= 0.3 is 0 Å². The van der Waals surface area contributed by atoms with Crippen LogP contribution < -0.4 is 5.32 Å². The molecule has 1 heterocycles. The molecule has 1 N–H and O–H groups in total. The number of likely N-dealkylation sites (N-methyl/N-ethyl adjacent to an activating group) is 1. The molecule has 0 aliphatic heterocycles. The zero-order chi connectivity index (χ0) is 15.2. The van der Waals surface area contributed by atoms with Gasteiger partial charge in [0.1, 0.15) is 5.82 Å². The van der Waals surface area contributed by atoms with E-state index in [1.54, 1.807) is 23.5 Å². The summed E-state index contributed by atoms with van der Waals surface area (Å²) in [6.45, 7) is 5.47. The van der Waals surface area contributed by atoms with E-state index in [9.17, 15) is 9.18 Å². The Bertz CT molecular complexity index is 568. The molecule has 0 bridgehead atoms. The van der Waals surface area contributed by atoms with Crippen LogP contribution in [0.1, 0.15) is 18.7 Å². The van der Waals surface area contributed by atoms with Crippen LogP contribution in [0.5, 0.6) is 0 Å². The Morgan fingerprint density at radius 3 is 2.62 bits per heavy atom. The third kappa shape index (κ3) is 4.37. The highest BCUT2D eigenvalue weighted by molar-refractivity contribution is 7.09. The Hall–Kier alpha value is -1.72. The van der Waals surface area contributed by atoms with Gasteiger partial charge in [-0.15, -0.1) is 11.3 Å². The molecule has 0 spiro atoms. The molecule has 2 aromatic rings. The summed E-state index contributed by atoms with van der Waals surface area (Å²) >= 11 is 1.69. The summed E-state index contributed by atoms with van der Waals surface area (Å²) in [5.74, 6) is -0.394. The summed E-state index contributed by atoms with van der Waals surface area (Å²) in [5, 5.41) is 4.85. The lowest BCUT2D eigenvalue weighted by Gasteiger charge is -2.26. The Kier molecular flexibility index (Phi) is 5.47. The summed E-state index contributed by atoms with van der Waals surface area (Å²) in [6.07, 6.45) is 0. The fourth-order valence-corrected chi connectivity index (χ4v) is 2.80. The number of carbonyl (C=O) groups excluding carboxylic acids is 1. The highest BCUT2D eigenvalue weighted by Gasteiger charge is 2.20. The van der Waals surface area contributed by atoms with E-state index >= 15 is 0 Å². The number of benzene rings is 1. The third-order valence-electron chi connectivity index (χ3n) is 3.38. The molecule has 1 amide bonds. The van der Waals surface area contributed by atoms with Gasteiger partial charge in [0, 0.05) is 17.1 Å². The van der Waals surface area contributed by atoms with E-state index in [1.165, 1.54) is 17.0 Å². The second kappa shape index (κ2) is 7.33. The molecule has 1 aromatic heterocycles. The molecule has 3 nitrogen and oxygen atoms in total. The average molecular weight is 306 g/mol. The van der Waals surface area contributed by atoms with E-state index < -0.39 is 0 Å². The molecule has 0 aliphatic carbocycles. The number of nitrogens with zero attached hydrogens (tertiary/aromatic N) is 1. The molecule has 0 fully saturated rings. The zero-order valence-corrected chi connectivity index (χ0v) is 13.0. The van der Waals surface area contributed by atoms with Crippen LogP contribution in [0.15, 0.2) is 41.8 Å². The Balaban J connectivity index is 1.97. The van der Waals surface area contributed by atoms with E-state index in [0.29, 0.717) is 5.69 Å². The fourth-order valence-electron chi connectivity index (χ4n) is 2.07. The molecule has 1 atom stereocenters. The normalized spacial score (nSPS) is 12.4. The molecule has 0 radical (unpaired) electrons.